The molecule has 492 valence electrons. The van der Waals surface area contributed by atoms with Gasteiger partial charge in [-0.15, -0.1) is 0 Å². The van der Waals surface area contributed by atoms with Gasteiger partial charge in [-0.05, 0) is 180 Å². The molecule has 16 rings (SSSR count). The van der Waals surface area contributed by atoms with E-state index in [4.69, 9.17) is 24.5 Å². The molecule has 4 aromatic carbocycles. The van der Waals surface area contributed by atoms with Gasteiger partial charge in [0.05, 0.1) is 22.3 Å². The normalized spacial score (nSPS) is 13.2. The van der Waals surface area contributed by atoms with E-state index in [2.05, 4.69) is 249 Å². The molecule has 16 aromatic rings. The van der Waals surface area contributed by atoms with Gasteiger partial charge in [0.2, 0.25) is 45.6 Å². The second-order valence-corrected chi connectivity index (χ2v) is 26.7. The van der Waals surface area contributed by atoms with Crippen molar-refractivity contribution in [3.63, 3.8) is 0 Å². The molecule has 0 bridgehead atoms. The van der Waals surface area contributed by atoms with Gasteiger partial charge in [-0.2, -0.15) is 0 Å². The summed E-state index contributed by atoms with van der Waals surface area (Å²) in [6, 6.07) is 50.1. The number of aromatic nitrogens is 8. The quantitative estimate of drug-likeness (QED) is 0.138. The van der Waals surface area contributed by atoms with Crippen molar-refractivity contribution in [3.8, 4) is 45.0 Å². The van der Waals surface area contributed by atoms with Gasteiger partial charge in [0.15, 0.2) is 47.1 Å². The van der Waals surface area contributed by atoms with Crippen LogP contribution < -0.4 is 18.3 Å². The highest BCUT2D eigenvalue weighted by Crippen LogP contribution is 2.41. The van der Waals surface area contributed by atoms with Crippen LogP contribution in [0.25, 0.3) is 133 Å². The summed E-state index contributed by atoms with van der Waals surface area (Å²) in [5.74, 6) is -2.37. The van der Waals surface area contributed by atoms with Crippen molar-refractivity contribution in [1.82, 2.24) is 19.9 Å². The summed E-state index contributed by atoms with van der Waals surface area (Å²) in [6.45, 7) is 23.6. The number of pyridine rings is 8. The minimum atomic E-state index is -2.39. The monoisotopic (exact) mass is 1300 g/mol. The van der Waals surface area contributed by atoms with Crippen LogP contribution in [0.2, 0.25) is 0 Å². The third kappa shape index (κ3) is 12.6. The number of fused-ring (bicyclic) bond motifs is 12. The van der Waals surface area contributed by atoms with Gasteiger partial charge < -0.3 is 17.7 Å². The summed E-state index contributed by atoms with van der Waals surface area (Å²) in [4.78, 5) is 18.4. The Morgan fingerprint density at radius 3 is 1.02 bits per heavy atom. The van der Waals surface area contributed by atoms with Crippen LogP contribution in [0.5, 0.6) is 0 Å². The first-order chi connectivity index (χ1) is 48.9. The van der Waals surface area contributed by atoms with Crippen molar-refractivity contribution in [2.24, 2.45) is 34.1 Å². The van der Waals surface area contributed by atoms with Crippen LogP contribution in [-0.4, -0.2) is 19.9 Å². The van der Waals surface area contributed by atoms with Crippen LogP contribution >= 0.6 is 0 Å². The number of hydrogen-bond acceptors (Lipinski definition) is 8. The van der Waals surface area contributed by atoms with Gasteiger partial charge in [-0.3, -0.25) is 0 Å². The van der Waals surface area contributed by atoms with Crippen LogP contribution in [0.3, 0.4) is 0 Å². The van der Waals surface area contributed by atoms with E-state index < -0.39 is 18.6 Å². The maximum atomic E-state index is 8.24. The summed E-state index contributed by atoms with van der Waals surface area (Å²) < 4.78 is 72.6. The molecule has 0 saturated carbocycles. The first-order valence-electron chi connectivity index (χ1n) is 36.0. The molecule has 0 aliphatic rings. The highest BCUT2D eigenvalue weighted by Gasteiger charge is 2.26. The predicted molar refractivity (Wildman–Crippen MR) is 397 cm³/mol. The van der Waals surface area contributed by atoms with Gasteiger partial charge in [0, 0.05) is 121 Å². The molecule has 0 fully saturated rings. The van der Waals surface area contributed by atoms with E-state index in [1.165, 1.54) is 40.3 Å². The zero-order chi connectivity index (χ0) is 73.5. The van der Waals surface area contributed by atoms with E-state index in [1.807, 2.05) is 64.3 Å². The van der Waals surface area contributed by atoms with Crippen molar-refractivity contribution in [2.75, 3.05) is 0 Å². The fourth-order valence-corrected chi connectivity index (χ4v) is 13.3. The molecule has 0 spiro atoms. The Hall–Kier alpha value is -10.7. The van der Waals surface area contributed by atoms with Crippen molar-refractivity contribution >= 4 is 88.3 Å². The molecule has 12 heteroatoms. The average Bonchev–Trinajstić information content (AvgIpc) is 1.50. The maximum absolute atomic E-state index is 8.24. The Kier molecular flexibility index (Phi) is 16.3. The minimum absolute atomic E-state index is 0.0230. The molecule has 0 radical (unpaired) electrons. The van der Waals surface area contributed by atoms with Gasteiger partial charge in [0.1, 0.15) is 28.2 Å². The van der Waals surface area contributed by atoms with Gasteiger partial charge >= 0.3 is 0 Å². The number of benzene rings is 4. The second-order valence-electron chi connectivity index (χ2n) is 26.7. The Bertz CT molecular complexity index is 6030. The molecule has 0 aliphatic heterocycles. The molecule has 12 aromatic heterocycles. The summed E-state index contributed by atoms with van der Waals surface area (Å²) in [6.07, 6.45) is 9.23. The van der Waals surface area contributed by atoms with Crippen molar-refractivity contribution < 1.29 is 42.8 Å². The molecule has 1 atom stereocenters. The number of nitrogens with zero attached hydrogens (tertiary/aromatic N) is 8. The number of rotatable bonds is 8. The summed E-state index contributed by atoms with van der Waals surface area (Å²) in [5, 5.41) is 8.30. The lowest BCUT2D eigenvalue weighted by Gasteiger charge is -2.06. The van der Waals surface area contributed by atoms with E-state index in [-0.39, 0.29) is 6.42 Å². The lowest BCUT2D eigenvalue weighted by atomic mass is 10.00. The predicted octanol–water partition coefficient (Wildman–Crippen LogP) is 19.6. The molecule has 0 amide bonds. The number of hydrogen-bond donors (Lipinski definition) is 0. The Morgan fingerprint density at radius 1 is 0.367 bits per heavy atom. The molecule has 12 nitrogen and oxygen atoms in total. The fraction of sp³-hybridized carbons (Fsp3) is 0.256. The standard InChI is InChI=1S/C23H25N2O.C22H23N2O.C21H21N2O.C20H19N2O/c1-14(2)12-17-7-9-19-18-8-6-16(4)21(22(18)26-23(19)24-17)20-13-15(3)10-11-25(20)5;1-13(2)18-9-8-17-16-7-6-15(4)20(21(16)25-22(17)23-18)19-12-14(3)10-11-24(19)5;1-5-15-7-9-17-16-8-6-14(3)19(20(16)24-21(17)22-15)18-12-13(2)10-11-23(18)4;1-12-9-10-22(4)17(11-12)18-13(2)5-7-15-16-8-6-14(3)21-20(16)23-19(15)18/h6-11,13-14H,12H2,1-5H3;6-13H,1-5H3;6-12H,5H2,1-4H3;5-11H,1-4H3/q4*+1/i1D3,14D;13D;;. The molecule has 98 heavy (non-hydrogen) atoms. The van der Waals surface area contributed by atoms with E-state index in [1.54, 1.807) is 6.07 Å². The first kappa shape index (κ1) is 59.7. The molecule has 1 unspecified atom stereocenters. The Balaban J connectivity index is 0.000000123. The van der Waals surface area contributed by atoms with Crippen LogP contribution in [0.4, 0.5) is 0 Å². The van der Waals surface area contributed by atoms with Gasteiger partial charge in [-0.25, -0.2) is 38.2 Å². The molecular weight excluding hydrogens is 1210 g/mol. The number of furan rings is 4. The average molecular weight is 1300 g/mol. The van der Waals surface area contributed by atoms with E-state index in [0.29, 0.717) is 28.5 Å². The highest BCUT2D eigenvalue weighted by atomic mass is 16.4. The third-order valence-corrected chi connectivity index (χ3v) is 18.7. The second kappa shape index (κ2) is 26.7. The molecule has 0 saturated heterocycles. The summed E-state index contributed by atoms with van der Waals surface area (Å²) in [7, 11) is 8.20. The summed E-state index contributed by atoms with van der Waals surface area (Å²) in [5.41, 5.74) is 27.6. The van der Waals surface area contributed by atoms with Gasteiger partial charge in [0.25, 0.3) is 0 Å². The zero-order valence-corrected chi connectivity index (χ0v) is 59.3. The largest absolute Gasteiger partial charge is 0.437 e. The topological polar surface area (TPSA) is 120 Å². The van der Waals surface area contributed by atoms with Crippen molar-refractivity contribution in [2.45, 2.75) is 116 Å². The molecule has 0 aliphatic carbocycles. The van der Waals surface area contributed by atoms with Crippen molar-refractivity contribution in [3.05, 3.63) is 238 Å². The number of aryl methyl sites for hydroxylation is 14. The maximum Gasteiger partial charge on any atom is 0.227 e. The molecule has 12 heterocycles. The third-order valence-electron chi connectivity index (χ3n) is 18.7. The SMILES string of the molecule is CCc1ccc2c(n1)oc1c(-c3cc(C)cc[n+]3C)c(C)ccc12.Cc1cc[n+](C)c(-c2c(C)ccc3c2oc2nc(C)ccc23)c1.[2H]C(C)(C)c1ccc2c(n1)oc1c(-c3cc(C)cc[n+]3C)c(C)ccc12.[2H]C([2H])([2H])C([2H])(C)Cc1ccc2c(n1)oc1c(-c3cc(C)cc[n+]3C)c(C)ccc12. The van der Waals surface area contributed by atoms with Crippen molar-refractivity contribution in [1.29, 1.82) is 0 Å². The lowest BCUT2D eigenvalue weighted by Crippen LogP contribution is -2.30. The van der Waals surface area contributed by atoms with Crippen LogP contribution in [0.15, 0.2) is 188 Å². The van der Waals surface area contributed by atoms with E-state index in [0.717, 1.165) is 145 Å². The highest BCUT2D eigenvalue weighted by molar-refractivity contribution is 6.12. The Morgan fingerprint density at radius 2 is 0.673 bits per heavy atom. The van der Waals surface area contributed by atoms with E-state index in [9.17, 15) is 0 Å². The first-order valence-corrected chi connectivity index (χ1v) is 33.5. The Labute approximate surface area is 580 Å². The lowest BCUT2D eigenvalue weighted by molar-refractivity contribution is -0.660. The summed E-state index contributed by atoms with van der Waals surface area (Å²) >= 11 is 0. The van der Waals surface area contributed by atoms with E-state index >= 15 is 0 Å². The fourth-order valence-electron chi connectivity index (χ4n) is 13.3. The van der Waals surface area contributed by atoms with Gasteiger partial charge in [-0.1, -0.05) is 83.1 Å². The van der Waals surface area contributed by atoms with Crippen LogP contribution in [-0.2, 0) is 41.0 Å². The smallest absolute Gasteiger partial charge is 0.227 e. The van der Waals surface area contributed by atoms with Crippen LogP contribution in [0.1, 0.15) is 115 Å². The minimum Gasteiger partial charge on any atom is -0.437 e. The molecular formula is C86H88N8O4+4. The van der Waals surface area contributed by atoms with Crippen LogP contribution in [0, 0.1) is 68.2 Å². The molecule has 0 N–H and O–H groups in total. The zero-order valence-electron chi connectivity index (χ0n) is 64.3.